The summed E-state index contributed by atoms with van der Waals surface area (Å²) in [4.78, 5) is 33.9. The van der Waals surface area contributed by atoms with Crippen LogP contribution in [0.25, 0.3) is 0 Å². The molecule has 1 unspecified atom stereocenters. The number of carbonyl (C=O) groups is 2. The molecule has 1 saturated heterocycles. The fourth-order valence-corrected chi connectivity index (χ4v) is 4.59. The lowest BCUT2D eigenvalue weighted by Crippen LogP contribution is -2.47. The molecule has 9 heteroatoms. The van der Waals surface area contributed by atoms with Gasteiger partial charge in [-0.1, -0.05) is 11.6 Å². The van der Waals surface area contributed by atoms with Crippen LogP contribution in [0, 0.1) is 5.92 Å². The van der Waals surface area contributed by atoms with Gasteiger partial charge >= 0.3 is 0 Å². The van der Waals surface area contributed by atoms with Crippen molar-refractivity contribution in [1.29, 1.82) is 0 Å². The Morgan fingerprint density at radius 1 is 1.15 bits per heavy atom. The lowest BCUT2D eigenvalue weighted by Gasteiger charge is -2.35. The number of halogens is 1. The number of benzene rings is 1. The van der Waals surface area contributed by atoms with Crippen molar-refractivity contribution in [3.8, 4) is 11.5 Å². The van der Waals surface area contributed by atoms with Gasteiger partial charge in [-0.25, -0.2) is 4.98 Å². The summed E-state index contributed by atoms with van der Waals surface area (Å²) >= 11 is 5.86. The van der Waals surface area contributed by atoms with Gasteiger partial charge in [0.15, 0.2) is 11.5 Å². The Morgan fingerprint density at radius 2 is 1.91 bits per heavy atom. The van der Waals surface area contributed by atoms with Crippen LogP contribution in [-0.4, -0.2) is 67.0 Å². The van der Waals surface area contributed by atoms with E-state index in [0.717, 1.165) is 31.4 Å². The molecule has 1 atom stereocenters. The first-order chi connectivity index (χ1) is 16.0. The Balaban J connectivity index is 1.34. The number of aromatic nitrogens is 1. The normalized spacial score (nSPS) is 18.4. The fraction of sp³-hybridized carbons (Fsp3) is 0.458. The monoisotopic (exact) mass is 472 g/mol. The highest BCUT2D eigenvalue weighted by atomic mass is 35.5. The van der Waals surface area contributed by atoms with E-state index in [0.29, 0.717) is 48.5 Å². The molecular weight excluding hydrogens is 444 g/mol. The summed E-state index contributed by atoms with van der Waals surface area (Å²) in [7, 11) is 3.24. The zero-order chi connectivity index (χ0) is 23.4. The van der Waals surface area contributed by atoms with E-state index in [2.05, 4.69) is 15.2 Å². The molecule has 8 nitrogen and oxygen atoms in total. The van der Waals surface area contributed by atoms with Crippen LogP contribution in [0.3, 0.4) is 0 Å². The Labute approximate surface area is 198 Å². The van der Waals surface area contributed by atoms with E-state index < -0.39 is 0 Å². The van der Waals surface area contributed by atoms with Crippen LogP contribution in [0.2, 0.25) is 5.02 Å². The second kappa shape index (κ2) is 10.4. The van der Waals surface area contributed by atoms with Crippen LogP contribution >= 0.6 is 11.6 Å². The number of pyridine rings is 1. The standard InChI is InChI=1S/C24H29ClN4O4/c1-32-20-10-16-7-9-29(14-18(16)11-21(20)33-2)23(30)15-28-8-3-4-17(13-28)24(31)27-22-6-5-19(25)12-26-22/h5-6,10-12,17H,3-4,7-9,13-15H2,1-2H3,(H,26,27,31). The minimum absolute atomic E-state index is 0.0742. The van der Waals surface area contributed by atoms with Crippen molar-refractivity contribution >= 4 is 29.2 Å². The number of methoxy groups -OCH3 is 2. The molecule has 3 heterocycles. The third-order valence-electron chi connectivity index (χ3n) is 6.28. The first kappa shape index (κ1) is 23.3. The molecule has 33 heavy (non-hydrogen) atoms. The van der Waals surface area contributed by atoms with Crippen LogP contribution in [0.5, 0.6) is 11.5 Å². The van der Waals surface area contributed by atoms with E-state index in [9.17, 15) is 9.59 Å². The summed E-state index contributed by atoms with van der Waals surface area (Å²) < 4.78 is 10.8. The molecule has 0 bridgehead atoms. The number of piperidine rings is 1. The lowest BCUT2D eigenvalue weighted by atomic mass is 9.96. The second-order valence-corrected chi connectivity index (χ2v) is 8.90. The van der Waals surface area contributed by atoms with Gasteiger partial charge < -0.3 is 19.7 Å². The first-order valence-corrected chi connectivity index (χ1v) is 11.5. The van der Waals surface area contributed by atoms with E-state index in [1.54, 1.807) is 26.4 Å². The smallest absolute Gasteiger partial charge is 0.237 e. The fourth-order valence-electron chi connectivity index (χ4n) is 4.48. The molecule has 0 saturated carbocycles. The SMILES string of the molecule is COc1cc2c(cc1OC)CN(C(=O)CN1CCCC(C(=O)Nc3ccc(Cl)cn3)C1)CC2. The Morgan fingerprint density at radius 3 is 2.61 bits per heavy atom. The van der Waals surface area contributed by atoms with Crippen molar-refractivity contribution < 1.29 is 19.1 Å². The van der Waals surface area contributed by atoms with Crippen molar-refractivity contribution in [2.45, 2.75) is 25.8 Å². The average Bonchev–Trinajstić information content (AvgIpc) is 2.84. The molecule has 1 fully saturated rings. The van der Waals surface area contributed by atoms with Gasteiger partial charge in [0.05, 0.1) is 31.7 Å². The summed E-state index contributed by atoms with van der Waals surface area (Å²) in [5.74, 6) is 1.69. The molecule has 0 aliphatic carbocycles. The molecule has 2 amide bonds. The van der Waals surface area contributed by atoms with Gasteiger partial charge in [-0.05, 0) is 61.2 Å². The summed E-state index contributed by atoms with van der Waals surface area (Å²) in [6.45, 7) is 2.90. The number of fused-ring (bicyclic) bond motifs is 1. The van der Waals surface area contributed by atoms with Crippen LogP contribution in [0.4, 0.5) is 5.82 Å². The molecule has 1 aromatic heterocycles. The van der Waals surface area contributed by atoms with Crippen molar-refractivity contribution in [3.05, 3.63) is 46.6 Å². The number of hydrogen-bond donors (Lipinski definition) is 1. The van der Waals surface area contributed by atoms with E-state index in [1.165, 1.54) is 11.8 Å². The Kier molecular flexibility index (Phi) is 7.35. The molecule has 0 radical (unpaired) electrons. The number of hydrogen-bond acceptors (Lipinski definition) is 6. The van der Waals surface area contributed by atoms with Crippen LogP contribution < -0.4 is 14.8 Å². The minimum Gasteiger partial charge on any atom is -0.493 e. The van der Waals surface area contributed by atoms with Crippen LogP contribution in [0.1, 0.15) is 24.0 Å². The largest absolute Gasteiger partial charge is 0.493 e. The highest BCUT2D eigenvalue weighted by molar-refractivity contribution is 6.30. The zero-order valence-corrected chi connectivity index (χ0v) is 19.7. The predicted octanol–water partition coefficient (Wildman–Crippen LogP) is 2.99. The van der Waals surface area contributed by atoms with Gasteiger partial charge in [0.2, 0.25) is 11.8 Å². The summed E-state index contributed by atoms with van der Waals surface area (Å²) in [6.07, 6.45) is 3.95. The van der Waals surface area contributed by atoms with Gasteiger partial charge in [-0.2, -0.15) is 0 Å². The van der Waals surface area contributed by atoms with Gasteiger partial charge in [0, 0.05) is 25.8 Å². The zero-order valence-electron chi connectivity index (χ0n) is 19.0. The maximum absolute atomic E-state index is 13.1. The highest BCUT2D eigenvalue weighted by Gasteiger charge is 2.29. The summed E-state index contributed by atoms with van der Waals surface area (Å²) in [5.41, 5.74) is 2.26. The van der Waals surface area contributed by atoms with Crippen LogP contribution in [-0.2, 0) is 22.6 Å². The quantitative estimate of drug-likeness (QED) is 0.695. The molecule has 1 N–H and O–H groups in total. The molecule has 4 rings (SSSR count). The third-order valence-corrected chi connectivity index (χ3v) is 6.51. The van der Waals surface area contributed by atoms with Crippen molar-refractivity contribution in [2.75, 3.05) is 45.7 Å². The van der Waals surface area contributed by atoms with Gasteiger partial charge in [-0.15, -0.1) is 0 Å². The number of rotatable bonds is 6. The number of nitrogens with zero attached hydrogens (tertiary/aromatic N) is 3. The molecule has 1 aromatic carbocycles. The maximum atomic E-state index is 13.1. The van der Waals surface area contributed by atoms with Gasteiger partial charge in [0.25, 0.3) is 0 Å². The minimum atomic E-state index is -0.178. The Hall–Kier alpha value is -2.84. The lowest BCUT2D eigenvalue weighted by molar-refractivity contribution is -0.134. The van der Waals surface area contributed by atoms with Crippen LogP contribution in [0.15, 0.2) is 30.5 Å². The molecule has 2 aliphatic rings. The molecule has 2 aliphatic heterocycles. The highest BCUT2D eigenvalue weighted by Crippen LogP contribution is 2.33. The predicted molar refractivity (Wildman–Crippen MR) is 126 cm³/mol. The van der Waals surface area contributed by atoms with E-state index >= 15 is 0 Å². The molecule has 176 valence electrons. The maximum Gasteiger partial charge on any atom is 0.237 e. The van der Waals surface area contributed by atoms with Crippen molar-refractivity contribution in [3.63, 3.8) is 0 Å². The average molecular weight is 473 g/mol. The van der Waals surface area contributed by atoms with Gasteiger partial charge in [0.1, 0.15) is 5.82 Å². The van der Waals surface area contributed by atoms with E-state index in [4.69, 9.17) is 21.1 Å². The van der Waals surface area contributed by atoms with E-state index in [-0.39, 0.29) is 17.7 Å². The number of carbonyl (C=O) groups excluding carboxylic acids is 2. The number of anilines is 1. The van der Waals surface area contributed by atoms with Crippen molar-refractivity contribution in [1.82, 2.24) is 14.8 Å². The molecule has 0 spiro atoms. The third kappa shape index (κ3) is 5.57. The Bertz CT molecular complexity index is 1010. The number of amides is 2. The first-order valence-electron chi connectivity index (χ1n) is 11.1. The number of likely N-dealkylation sites (tertiary alicyclic amines) is 1. The topological polar surface area (TPSA) is 84.0 Å². The second-order valence-electron chi connectivity index (χ2n) is 8.47. The van der Waals surface area contributed by atoms with E-state index in [1.807, 2.05) is 17.0 Å². The number of nitrogens with one attached hydrogen (secondary N) is 1. The molecule has 2 aromatic rings. The number of ether oxygens (including phenoxy) is 2. The van der Waals surface area contributed by atoms with Crippen molar-refractivity contribution in [2.24, 2.45) is 5.92 Å². The molecular formula is C24H29ClN4O4. The summed E-state index contributed by atoms with van der Waals surface area (Å²) in [5, 5.41) is 3.38. The van der Waals surface area contributed by atoms with Gasteiger partial charge in [-0.3, -0.25) is 14.5 Å². The summed E-state index contributed by atoms with van der Waals surface area (Å²) in [6, 6.07) is 7.33.